The molecule has 3 nitrogen and oxygen atoms in total. The van der Waals surface area contributed by atoms with Gasteiger partial charge in [0.05, 0.1) is 6.54 Å². The van der Waals surface area contributed by atoms with E-state index in [0.29, 0.717) is 0 Å². The molecule has 3 heteroatoms. The van der Waals surface area contributed by atoms with Crippen LogP contribution in [0.4, 0.5) is 5.69 Å². The molecule has 0 unspecified atom stereocenters. The zero-order valence-corrected chi connectivity index (χ0v) is 12.0. The summed E-state index contributed by atoms with van der Waals surface area (Å²) >= 11 is 0. The van der Waals surface area contributed by atoms with Crippen LogP contribution < -0.4 is 10.1 Å². The average Bonchev–Trinajstić information content (AvgIpc) is 2.92. The molecule has 3 rings (SSSR count). The number of aryl methyl sites for hydroxylation is 1. The number of benzene rings is 2. The van der Waals surface area contributed by atoms with Gasteiger partial charge in [0, 0.05) is 23.6 Å². The van der Waals surface area contributed by atoms with Crippen molar-refractivity contribution < 1.29 is 4.74 Å². The summed E-state index contributed by atoms with van der Waals surface area (Å²) in [5.41, 5.74) is 3.45. The third kappa shape index (κ3) is 3.66. The monoisotopic (exact) mass is 278 g/mol. The van der Waals surface area contributed by atoms with Crippen LogP contribution >= 0.6 is 0 Å². The van der Waals surface area contributed by atoms with Crippen molar-refractivity contribution in [3.8, 4) is 11.5 Å². The van der Waals surface area contributed by atoms with Crippen molar-refractivity contribution in [2.45, 2.75) is 13.5 Å². The number of aromatic nitrogens is 1. The van der Waals surface area contributed by atoms with E-state index in [1.807, 2.05) is 60.8 Å². The van der Waals surface area contributed by atoms with E-state index in [-0.39, 0.29) is 0 Å². The quantitative estimate of drug-likeness (QED) is 0.708. The predicted octanol–water partition coefficient (Wildman–Crippen LogP) is 4.73. The molecule has 0 saturated heterocycles. The highest BCUT2D eigenvalue weighted by atomic mass is 16.5. The Morgan fingerprint density at radius 1 is 0.952 bits per heavy atom. The molecule has 0 saturated carbocycles. The molecule has 0 aliphatic heterocycles. The van der Waals surface area contributed by atoms with Crippen molar-refractivity contribution in [3.05, 3.63) is 78.1 Å². The second-order valence-corrected chi connectivity index (χ2v) is 5.00. The first-order valence-electron chi connectivity index (χ1n) is 7.00. The third-order valence-electron chi connectivity index (χ3n) is 3.18. The van der Waals surface area contributed by atoms with Crippen LogP contribution in [-0.4, -0.2) is 4.98 Å². The molecule has 0 spiro atoms. The number of rotatable bonds is 5. The molecule has 21 heavy (non-hydrogen) atoms. The fourth-order valence-corrected chi connectivity index (χ4v) is 2.16. The Morgan fingerprint density at radius 2 is 1.76 bits per heavy atom. The molecule has 0 atom stereocenters. The van der Waals surface area contributed by atoms with Crippen molar-refractivity contribution in [1.29, 1.82) is 0 Å². The molecule has 1 aromatic heterocycles. The van der Waals surface area contributed by atoms with Gasteiger partial charge in [-0.3, -0.25) is 0 Å². The molecule has 0 aliphatic rings. The zero-order valence-electron chi connectivity index (χ0n) is 12.0. The summed E-state index contributed by atoms with van der Waals surface area (Å²) in [7, 11) is 0. The summed E-state index contributed by atoms with van der Waals surface area (Å²) in [6, 6.07) is 19.9. The summed E-state index contributed by atoms with van der Waals surface area (Å²) in [5, 5.41) is 3.39. The first-order valence-corrected chi connectivity index (χ1v) is 7.00. The van der Waals surface area contributed by atoms with E-state index in [1.165, 1.54) is 11.3 Å². The van der Waals surface area contributed by atoms with Crippen molar-refractivity contribution in [1.82, 2.24) is 4.98 Å². The largest absolute Gasteiger partial charge is 0.457 e. The maximum Gasteiger partial charge on any atom is 0.129 e. The summed E-state index contributed by atoms with van der Waals surface area (Å²) in [6.07, 6.45) is 2.01. The molecule has 2 aromatic carbocycles. The van der Waals surface area contributed by atoms with Crippen LogP contribution in [0.3, 0.4) is 0 Å². The number of aromatic amines is 1. The Labute approximate surface area is 124 Å². The minimum atomic E-state index is 0.766. The van der Waals surface area contributed by atoms with Crippen LogP contribution in [0.1, 0.15) is 11.3 Å². The molecule has 3 aromatic rings. The van der Waals surface area contributed by atoms with Gasteiger partial charge in [0.25, 0.3) is 0 Å². The van der Waals surface area contributed by atoms with Gasteiger partial charge in [-0.15, -0.1) is 0 Å². The van der Waals surface area contributed by atoms with E-state index in [9.17, 15) is 0 Å². The van der Waals surface area contributed by atoms with Crippen LogP contribution in [0.25, 0.3) is 0 Å². The molecule has 0 radical (unpaired) electrons. The first-order chi connectivity index (χ1) is 10.3. The lowest BCUT2D eigenvalue weighted by molar-refractivity contribution is 0.483. The Kier molecular flexibility index (Phi) is 3.92. The maximum atomic E-state index is 5.83. The summed E-state index contributed by atoms with van der Waals surface area (Å²) < 4.78 is 5.83. The fraction of sp³-hybridized carbons (Fsp3) is 0.111. The number of para-hydroxylation sites is 1. The van der Waals surface area contributed by atoms with E-state index >= 15 is 0 Å². The van der Waals surface area contributed by atoms with E-state index in [1.54, 1.807) is 0 Å². The first kappa shape index (κ1) is 13.3. The lowest BCUT2D eigenvalue weighted by Gasteiger charge is -2.09. The molecule has 106 valence electrons. The number of anilines is 1. The van der Waals surface area contributed by atoms with Crippen molar-refractivity contribution in [3.63, 3.8) is 0 Å². The Balaban J connectivity index is 1.65. The second-order valence-electron chi connectivity index (χ2n) is 5.00. The minimum Gasteiger partial charge on any atom is -0.457 e. The minimum absolute atomic E-state index is 0.766. The Bertz CT molecular complexity index is 704. The third-order valence-corrected chi connectivity index (χ3v) is 3.18. The Morgan fingerprint density at radius 3 is 2.52 bits per heavy atom. The number of hydrogen-bond acceptors (Lipinski definition) is 2. The van der Waals surface area contributed by atoms with Crippen LogP contribution in [0.15, 0.2) is 66.9 Å². The summed E-state index contributed by atoms with van der Waals surface area (Å²) in [6.45, 7) is 2.84. The summed E-state index contributed by atoms with van der Waals surface area (Å²) in [5.74, 6) is 1.67. The van der Waals surface area contributed by atoms with Crippen molar-refractivity contribution >= 4 is 5.69 Å². The van der Waals surface area contributed by atoms with Gasteiger partial charge in [-0.2, -0.15) is 0 Å². The van der Waals surface area contributed by atoms with Gasteiger partial charge in [0.1, 0.15) is 11.5 Å². The lowest BCUT2D eigenvalue weighted by atomic mass is 10.3. The normalized spacial score (nSPS) is 10.3. The maximum absolute atomic E-state index is 5.83. The van der Waals surface area contributed by atoms with Crippen LogP contribution in [-0.2, 0) is 6.54 Å². The molecule has 0 amide bonds. The smallest absolute Gasteiger partial charge is 0.129 e. The molecule has 1 heterocycles. The lowest BCUT2D eigenvalue weighted by Crippen LogP contribution is -1.99. The van der Waals surface area contributed by atoms with Crippen molar-refractivity contribution in [2.75, 3.05) is 5.32 Å². The topological polar surface area (TPSA) is 37.0 Å². The zero-order chi connectivity index (χ0) is 14.5. The predicted molar refractivity (Wildman–Crippen MR) is 85.8 cm³/mol. The SMILES string of the molecule is Cc1c[nH]c(CNc2cccc(Oc3ccccc3)c2)c1. The highest BCUT2D eigenvalue weighted by Crippen LogP contribution is 2.24. The highest BCUT2D eigenvalue weighted by Gasteiger charge is 2.00. The average molecular weight is 278 g/mol. The van der Waals surface area contributed by atoms with E-state index < -0.39 is 0 Å². The number of H-pyrrole nitrogens is 1. The van der Waals surface area contributed by atoms with Gasteiger partial charge in [-0.25, -0.2) is 0 Å². The van der Waals surface area contributed by atoms with E-state index in [2.05, 4.69) is 23.3 Å². The number of ether oxygens (including phenoxy) is 1. The number of hydrogen-bond donors (Lipinski definition) is 2. The standard InChI is InChI=1S/C18H18N2O/c1-14-10-16(19-12-14)13-20-15-6-5-9-18(11-15)21-17-7-3-2-4-8-17/h2-12,19-20H,13H2,1H3. The Hall–Kier alpha value is -2.68. The van der Waals surface area contributed by atoms with Gasteiger partial charge in [-0.05, 0) is 42.8 Å². The molecular formula is C18H18N2O. The van der Waals surface area contributed by atoms with Crippen LogP contribution in [0.2, 0.25) is 0 Å². The van der Waals surface area contributed by atoms with Gasteiger partial charge in [0.15, 0.2) is 0 Å². The molecular weight excluding hydrogens is 260 g/mol. The fourth-order valence-electron chi connectivity index (χ4n) is 2.16. The van der Waals surface area contributed by atoms with Gasteiger partial charge >= 0.3 is 0 Å². The highest BCUT2D eigenvalue weighted by molar-refractivity contribution is 5.49. The van der Waals surface area contributed by atoms with Crippen LogP contribution in [0, 0.1) is 6.92 Å². The second kappa shape index (κ2) is 6.18. The number of nitrogens with one attached hydrogen (secondary N) is 2. The molecule has 2 N–H and O–H groups in total. The van der Waals surface area contributed by atoms with E-state index in [0.717, 1.165) is 23.7 Å². The molecule has 0 aliphatic carbocycles. The van der Waals surface area contributed by atoms with Gasteiger partial charge in [-0.1, -0.05) is 24.3 Å². The van der Waals surface area contributed by atoms with E-state index in [4.69, 9.17) is 4.74 Å². The van der Waals surface area contributed by atoms with Gasteiger partial charge < -0.3 is 15.0 Å². The van der Waals surface area contributed by atoms with Gasteiger partial charge in [0.2, 0.25) is 0 Å². The summed E-state index contributed by atoms with van der Waals surface area (Å²) in [4.78, 5) is 3.24. The molecule has 0 bridgehead atoms. The van der Waals surface area contributed by atoms with Crippen molar-refractivity contribution in [2.24, 2.45) is 0 Å². The molecule has 0 fully saturated rings. The van der Waals surface area contributed by atoms with Crippen LogP contribution in [0.5, 0.6) is 11.5 Å².